The van der Waals surface area contributed by atoms with Gasteiger partial charge < -0.3 is 4.90 Å². The molecule has 0 bridgehead atoms. The maximum atomic E-state index is 4.43. The standard InChI is InChI=1S/C10H11N3S2/c1-7-11-10(15-12-7)13-4-2-9-8(6-13)3-5-14-9/h3,5H,2,4,6H2,1H3. The molecule has 0 unspecified atom stereocenters. The lowest BCUT2D eigenvalue weighted by Crippen LogP contribution is -2.29. The third-order valence-corrected chi connectivity index (χ3v) is 4.49. The van der Waals surface area contributed by atoms with Crippen LogP contribution in [0.1, 0.15) is 16.3 Å². The molecule has 2 aromatic rings. The van der Waals surface area contributed by atoms with Crippen molar-refractivity contribution in [1.29, 1.82) is 0 Å². The van der Waals surface area contributed by atoms with Gasteiger partial charge in [-0.15, -0.1) is 11.3 Å². The SMILES string of the molecule is Cc1nsc(N2CCc3sccc3C2)n1. The predicted molar refractivity (Wildman–Crippen MR) is 63.7 cm³/mol. The van der Waals surface area contributed by atoms with Gasteiger partial charge in [0.1, 0.15) is 5.82 Å². The van der Waals surface area contributed by atoms with Gasteiger partial charge in [-0.05, 0) is 30.4 Å². The third kappa shape index (κ3) is 1.66. The number of thiophene rings is 1. The lowest BCUT2D eigenvalue weighted by Gasteiger charge is -2.25. The predicted octanol–water partition coefficient (Wildman–Crippen LogP) is 2.47. The molecule has 0 aromatic carbocycles. The van der Waals surface area contributed by atoms with Crippen molar-refractivity contribution in [3.8, 4) is 0 Å². The minimum atomic E-state index is 0.881. The Morgan fingerprint density at radius 3 is 3.20 bits per heavy atom. The van der Waals surface area contributed by atoms with E-state index in [4.69, 9.17) is 0 Å². The second kappa shape index (κ2) is 3.57. The molecular weight excluding hydrogens is 226 g/mol. The highest BCUT2D eigenvalue weighted by atomic mass is 32.1. The Kier molecular flexibility index (Phi) is 2.21. The molecule has 3 nitrogen and oxygen atoms in total. The lowest BCUT2D eigenvalue weighted by atomic mass is 10.1. The first-order chi connectivity index (χ1) is 7.33. The summed E-state index contributed by atoms with van der Waals surface area (Å²) < 4.78 is 4.23. The van der Waals surface area contributed by atoms with Crippen molar-refractivity contribution < 1.29 is 0 Å². The van der Waals surface area contributed by atoms with Crippen molar-refractivity contribution in [3.63, 3.8) is 0 Å². The topological polar surface area (TPSA) is 29.0 Å². The fraction of sp³-hybridized carbons (Fsp3) is 0.400. The molecule has 0 fully saturated rings. The fourth-order valence-corrected chi connectivity index (χ4v) is 3.41. The summed E-state index contributed by atoms with van der Waals surface area (Å²) >= 11 is 3.37. The molecule has 0 spiro atoms. The summed E-state index contributed by atoms with van der Waals surface area (Å²) in [6.45, 7) is 4.01. The molecule has 0 aliphatic carbocycles. The molecule has 0 saturated carbocycles. The molecule has 3 heterocycles. The van der Waals surface area contributed by atoms with Crippen LogP contribution >= 0.6 is 22.9 Å². The van der Waals surface area contributed by atoms with E-state index >= 15 is 0 Å². The zero-order valence-electron chi connectivity index (χ0n) is 8.43. The summed E-state index contributed by atoms with van der Waals surface area (Å²) in [5.74, 6) is 0.881. The number of anilines is 1. The molecule has 1 aliphatic rings. The van der Waals surface area contributed by atoms with Gasteiger partial charge in [0.15, 0.2) is 0 Å². The number of aromatic nitrogens is 2. The molecule has 0 atom stereocenters. The Labute approximate surface area is 96.6 Å². The quantitative estimate of drug-likeness (QED) is 0.763. The Balaban J connectivity index is 1.87. The van der Waals surface area contributed by atoms with Crippen LogP contribution in [0.4, 0.5) is 5.13 Å². The first-order valence-electron chi connectivity index (χ1n) is 4.93. The Hall–Kier alpha value is -0.940. The minimum absolute atomic E-state index is 0.881. The van der Waals surface area contributed by atoms with Crippen molar-refractivity contribution in [2.24, 2.45) is 0 Å². The molecular formula is C10H11N3S2. The largest absolute Gasteiger partial charge is 0.342 e. The summed E-state index contributed by atoms with van der Waals surface area (Å²) in [5.41, 5.74) is 1.46. The Bertz CT molecular complexity index is 474. The van der Waals surface area contributed by atoms with Gasteiger partial charge in [0.2, 0.25) is 5.13 Å². The van der Waals surface area contributed by atoms with Crippen LogP contribution in [0.25, 0.3) is 0 Å². The average molecular weight is 237 g/mol. The maximum Gasteiger partial charge on any atom is 0.205 e. The Morgan fingerprint density at radius 2 is 2.40 bits per heavy atom. The number of fused-ring (bicyclic) bond motifs is 1. The molecule has 0 amide bonds. The van der Waals surface area contributed by atoms with Crippen LogP contribution in [0.5, 0.6) is 0 Å². The molecule has 0 radical (unpaired) electrons. The van der Waals surface area contributed by atoms with Crippen molar-refractivity contribution in [2.75, 3.05) is 11.4 Å². The normalized spacial score (nSPS) is 15.4. The van der Waals surface area contributed by atoms with Gasteiger partial charge in [-0.3, -0.25) is 0 Å². The van der Waals surface area contributed by atoms with E-state index in [2.05, 4.69) is 25.7 Å². The van der Waals surface area contributed by atoms with Gasteiger partial charge in [0.25, 0.3) is 0 Å². The monoisotopic (exact) mass is 237 g/mol. The van der Waals surface area contributed by atoms with E-state index in [-0.39, 0.29) is 0 Å². The summed E-state index contributed by atoms with van der Waals surface area (Å²) in [7, 11) is 0. The van der Waals surface area contributed by atoms with Crippen LogP contribution < -0.4 is 4.90 Å². The van der Waals surface area contributed by atoms with E-state index in [1.54, 1.807) is 0 Å². The molecule has 5 heteroatoms. The van der Waals surface area contributed by atoms with E-state index in [9.17, 15) is 0 Å². The molecule has 78 valence electrons. The van der Waals surface area contributed by atoms with Crippen molar-refractivity contribution in [3.05, 3.63) is 27.7 Å². The highest BCUT2D eigenvalue weighted by Crippen LogP contribution is 2.28. The summed E-state index contributed by atoms with van der Waals surface area (Å²) in [5, 5.41) is 3.24. The number of rotatable bonds is 1. The van der Waals surface area contributed by atoms with Crippen LogP contribution in [0.15, 0.2) is 11.4 Å². The second-order valence-electron chi connectivity index (χ2n) is 3.66. The molecule has 15 heavy (non-hydrogen) atoms. The van der Waals surface area contributed by atoms with Crippen LogP contribution in [0.2, 0.25) is 0 Å². The first kappa shape index (κ1) is 9.30. The van der Waals surface area contributed by atoms with Gasteiger partial charge >= 0.3 is 0 Å². The number of hydrogen-bond donors (Lipinski definition) is 0. The van der Waals surface area contributed by atoms with Gasteiger partial charge in [-0.2, -0.15) is 4.37 Å². The lowest BCUT2D eigenvalue weighted by molar-refractivity contribution is 0.739. The molecule has 0 saturated heterocycles. The minimum Gasteiger partial charge on any atom is -0.342 e. The van der Waals surface area contributed by atoms with E-state index < -0.39 is 0 Å². The maximum absolute atomic E-state index is 4.43. The average Bonchev–Trinajstić information content (AvgIpc) is 2.84. The van der Waals surface area contributed by atoms with Crippen molar-refractivity contribution in [1.82, 2.24) is 9.36 Å². The first-order valence-corrected chi connectivity index (χ1v) is 6.59. The third-order valence-electron chi connectivity index (χ3n) is 2.60. The summed E-state index contributed by atoms with van der Waals surface area (Å²) in [6.07, 6.45) is 1.14. The molecule has 2 aromatic heterocycles. The fourth-order valence-electron chi connectivity index (χ4n) is 1.83. The highest BCUT2D eigenvalue weighted by molar-refractivity contribution is 7.10. The second-order valence-corrected chi connectivity index (χ2v) is 5.40. The number of hydrogen-bond acceptors (Lipinski definition) is 5. The number of aryl methyl sites for hydroxylation is 1. The Morgan fingerprint density at radius 1 is 1.47 bits per heavy atom. The van der Waals surface area contributed by atoms with Gasteiger partial charge in [-0.1, -0.05) is 0 Å². The summed E-state index contributed by atoms with van der Waals surface area (Å²) in [6, 6.07) is 2.22. The van der Waals surface area contributed by atoms with E-state index in [0.717, 1.165) is 30.5 Å². The van der Waals surface area contributed by atoms with Crippen molar-refractivity contribution in [2.45, 2.75) is 19.9 Å². The molecule has 3 rings (SSSR count). The highest BCUT2D eigenvalue weighted by Gasteiger charge is 2.19. The number of nitrogens with zero attached hydrogens (tertiary/aromatic N) is 3. The van der Waals surface area contributed by atoms with Crippen LogP contribution in [-0.2, 0) is 13.0 Å². The van der Waals surface area contributed by atoms with Crippen LogP contribution in [0.3, 0.4) is 0 Å². The van der Waals surface area contributed by atoms with E-state index in [0.29, 0.717) is 0 Å². The van der Waals surface area contributed by atoms with E-state index in [1.807, 2.05) is 18.3 Å². The van der Waals surface area contributed by atoms with E-state index in [1.165, 1.54) is 22.0 Å². The van der Waals surface area contributed by atoms with Crippen LogP contribution in [0, 0.1) is 6.92 Å². The molecule has 0 N–H and O–H groups in total. The van der Waals surface area contributed by atoms with Gasteiger partial charge in [-0.25, -0.2) is 4.98 Å². The van der Waals surface area contributed by atoms with Crippen LogP contribution in [-0.4, -0.2) is 15.9 Å². The van der Waals surface area contributed by atoms with Gasteiger partial charge in [0.05, 0.1) is 0 Å². The smallest absolute Gasteiger partial charge is 0.205 e. The van der Waals surface area contributed by atoms with Gasteiger partial charge in [0, 0.05) is 29.5 Å². The zero-order valence-corrected chi connectivity index (χ0v) is 10.1. The summed E-state index contributed by atoms with van der Waals surface area (Å²) in [4.78, 5) is 8.28. The van der Waals surface area contributed by atoms with Crippen molar-refractivity contribution >= 4 is 28.0 Å². The molecule has 1 aliphatic heterocycles. The zero-order chi connectivity index (χ0) is 10.3.